The lowest BCUT2D eigenvalue weighted by atomic mass is 9.87. The van der Waals surface area contributed by atoms with Gasteiger partial charge in [-0.15, -0.1) is 0 Å². The second kappa shape index (κ2) is 10.0. The summed E-state index contributed by atoms with van der Waals surface area (Å²) in [6, 6.07) is 20.0. The number of furan rings is 1. The Morgan fingerprint density at radius 1 is 0.756 bits per heavy atom. The Balaban J connectivity index is 1.62. The first-order valence-corrected chi connectivity index (χ1v) is 13.6. The fourth-order valence-corrected chi connectivity index (χ4v) is 5.56. The molecule has 6 rings (SSSR count). The molecule has 0 aliphatic rings. The molecule has 206 valence electrons. The van der Waals surface area contributed by atoms with E-state index in [2.05, 4.69) is 11.1 Å². The van der Waals surface area contributed by atoms with Crippen molar-refractivity contribution in [3.05, 3.63) is 112 Å². The van der Waals surface area contributed by atoms with E-state index in [1.165, 1.54) is 24.4 Å². The lowest BCUT2D eigenvalue weighted by Gasteiger charge is -2.19. The van der Waals surface area contributed by atoms with Gasteiger partial charge >= 0.3 is 0 Å². The van der Waals surface area contributed by atoms with Crippen LogP contribution in [-0.2, 0) is 6.37 Å². The van der Waals surface area contributed by atoms with Crippen molar-refractivity contribution >= 4 is 21.9 Å². The first kappa shape index (κ1) is 16.9. The third-order valence-corrected chi connectivity index (χ3v) is 7.28. The zero-order chi connectivity index (χ0) is 38.3. The molecule has 4 aromatic carbocycles. The van der Waals surface area contributed by atoms with Crippen molar-refractivity contribution in [3.8, 4) is 33.5 Å². The van der Waals surface area contributed by atoms with Gasteiger partial charge in [0, 0.05) is 37.6 Å². The van der Waals surface area contributed by atoms with Crippen molar-refractivity contribution in [2.24, 2.45) is 5.41 Å². The van der Waals surface area contributed by atoms with Gasteiger partial charge < -0.3 is 4.42 Å². The molecule has 0 aliphatic carbocycles. The van der Waals surface area contributed by atoms with Crippen LogP contribution in [0.15, 0.2) is 83.4 Å². The van der Waals surface area contributed by atoms with E-state index in [1.54, 1.807) is 51.1 Å². The van der Waals surface area contributed by atoms with Crippen LogP contribution in [0.4, 0.5) is 0 Å². The number of aromatic nitrogens is 1. The Morgan fingerprint density at radius 2 is 1.46 bits per heavy atom. The third kappa shape index (κ3) is 5.08. The minimum absolute atomic E-state index is 0.0158. The fraction of sp³-hybridized carbons (Fsp3) is 0.256. The summed E-state index contributed by atoms with van der Waals surface area (Å²) in [6.07, 6.45) is -0.510. The second-order valence-corrected chi connectivity index (χ2v) is 11.8. The van der Waals surface area contributed by atoms with Crippen LogP contribution >= 0.6 is 0 Å². The number of hydrogen-bond donors (Lipinski definition) is 0. The molecule has 0 bridgehead atoms. The van der Waals surface area contributed by atoms with Gasteiger partial charge in [0.05, 0.1) is 5.69 Å². The van der Waals surface area contributed by atoms with E-state index in [9.17, 15) is 0 Å². The van der Waals surface area contributed by atoms with Crippen molar-refractivity contribution in [1.29, 1.82) is 0 Å². The van der Waals surface area contributed by atoms with Crippen LogP contribution in [0.25, 0.3) is 55.4 Å². The van der Waals surface area contributed by atoms with Gasteiger partial charge in [0.1, 0.15) is 11.2 Å². The van der Waals surface area contributed by atoms with Gasteiger partial charge in [0.2, 0.25) is 0 Å². The number of benzene rings is 4. The molecule has 0 saturated carbocycles. The molecule has 2 heteroatoms. The molecule has 0 N–H and O–H groups in total. The monoisotopic (exact) mass is 548 g/mol. The van der Waals surface area contributed by atoms with E-state index in [1.807, 2.05) is 32.0 Å². The summed E-state index contributed by atoms with van der Waals surface area (Å²) < 4.78 is 100.0. The quantitative estimate of drug-likeness (QED) is 0.219. The predicted octanol–water partition coefficient (Wildman–Crippen LogP) is 11.1. The zero-order valence-corrected chi connectivity index (χ0v) is 23.9. The molecule has 41 heavy (non-hydrogen) atoms. The van der Waals surface area contributed by atoms with Gasteiger partial charge in [0.25, 0.3) is 0 Å². The van der Waals surface area contributed by atoms with E-state index in [4.69, 9.17) is 19.5 Å². The van der Waals surface area contributed by atoms with Crippen LogP contribution in [0.5, 0.6) is 0 Å². The standard InChI is InChI=1S/C39H39NO/c1-23-16-26(4)37-31-11-9-10-30(38(31)41-36(37)17-23)35-20-34(27(5)22-40-35)33-19-24(2)32(18-25(33)3)29-14-12-28(13-15-29)21-39(6,7)8/h9-20,22H,21H2,1-8H3/i2D3,3D3,5D3,21D2. The molecular weight excluding hydrogens is 498 g/mol. The molecule has 0 aliphatic heterocycles. The smallest absolute Gasteiger partial charge is 0.144 e. The Kier molecular flexibility index (Phi) is 4.14. The number of para-hydroxylation sites is 1. The van der Waals surface area contributed by atoms with E-state index < -0.39 is 32.3 Å². The van der Waals surface area contributed by atoms with Gasteiger partial charge in [-0.2, -0.15) is 0 Å². The lowest BCUT2D eigenvalue weighted by molar-refractivity contribution is 0.411. The highest BCUT2D eigenvalue weighted by atomic mass is 16.3. The molecule has 2 heterocycles. The molecule has 2 aromatic heterocycles. The van der Waals surface area contributed by atoms with Crippen molar-refractivity contribution < 1.29 is 19.5 Å². The molecule has 2 nitrogen and oxygen atoms in total. The number of fused-ring (bicyclic) bond motifs is 3. The van der Waals surface area contributed by atoms with Crippen LogP contribution in [0.2, 0.25) is 0 Å². The topological polar surface area (TPSA) is 26.0 Å². The average molecular weight is 549 g/mol. The number of pyridine rings is 1. The molecule has 0 fully saturated rings. The Labute approximate surface area is 259 Å². The normalized spacial score (nSPS) is 17.2. The molecule has 0 spiro atoms. The summed E-state index contributed by atoms with van der Waals surface area (Å²) in [6.45, 7) is 1.08. The molecular formula is C39H39NO. The van der Waals surface area contributed by atoms with Crippen molar-refractivity contribution in [1.82, 2.24) is 4.98 Å². The lowest BCUT2D eigenvalue weighted by Crippen LogP contribution is -2.08. The molecule has 0 saturated heterocycles. The van der Waals surface area contributed by atoms with Crippen molar-refractivity contribution in [3.63, 3.8) is 0 Å². The van der Waals surface area contributed by atoms with Gasteiger partial charge in [0.15, 0.2) is 0 Å². The summed E-state index contributed by atoms with van der Waals surface area (Å²) >= 11 is 0. The average Bonchev–Trinajstić information content (AvgIpc) is 3.41. The summed E-state index contributed by atoms with van der Waals surface area (Å²) in [5.74, 6) is 0. The highest BCUT2D eigenvalue weighted by molar-refractivity contribution is 6.11. The summed E-state index contributed by atoms with van der Waals surface area (Å²) in [4.78, 5) is 4.53. The summed E-state index contributed by atoms with van der Waals surface area (Å²) in [5.41, 5.74) is 3.62. The van der Waals surface area contributed by atoms with E-state index in [0.717, 1.165) is 21.9 Å². The van der Waals surface area contributed by atoms with Crippen LogP contribution < -0.4 is 0 Å². The number of nitrogens with zero attached hydrogens (tertiary/aromatic N) is 1. The SMILES string of the molecule is [2H]C([2H])([2H])c1cc(-c2cc(-c3cccc4c3oc3cc(C)cc(C)c34)ncc2C([2H])([2H])[2H])c(C([2H])([2H])[2H])cc1-c1ccc(C([2H])([2H])C(C)(C)C)cc1. The first-order valence-electron chi connectivity index (χ1n) is 19.1. The highest BCUT2D eigenvalue weighted by Crippen LogP contribution is 2.39. The molecule has 0 atom stereocenters. The first-order chi connectivity index (χ1) is 23.9. The van der Waals surface area contributed by atoms with E-state index in [-0.39, 0.29) is 33.4 Å². The molecule has 0 amide bonds. The number of aryl methyl sites for hydroxylation is 5. The minimum Gasteiger partial charge on any atom is -0.455 e. The summed E-state index contributed by atoms with van der Waals surface area (Å²) in [5, 5.41) is 1.78. The Bertz CT molecular complexity index is 2340. The van der Waals surface area contributed by atoms with Crippen LogP contribution in [0.1, 0.15) is 69.2 Å². The molecule has 0 unspecified atom stereocenters. The molecule has 6 aromatic rings. The van der Waals surface area contributed by atoms with Gasteiger partial charge in [-0.25, -0.2) is 0 Å². The minimum atomic E-state index is -2.79. The third-order valence-electron chi connectivity index (χ3n) is 7.28. The second-order valence-electron chi connectivity index (χ2n) is 11.8. The maximum Gasteiger partial charge on any atom is 0.144 e. The largest absolute Gasteiger partial charge is 0.455 e. The predicted molar refractivity (Wildman–Crippen MR) is 175 cm³/mol. The highest BCUT2D eigenvalue weighted by Gasteiger charge is 2.18. The maximum absolute atomic E-state index is 8.66. The Morgan fingerprint density at radius 3 is 2.20 bits per heavy atom. The van der Waals surface area contributed by atoms with Gasteiger partial charge in [-0.05, 0) is 120 Å². The molecule has 0 radical (unpaired) electrons. The van der Waals surface area contributed by atoms with Crippen molar-refractivity contribution in [2.75, 3.05) is 0 Å². The number of rotatable bonds is 4. The van der Waals surface area contributed by atoms with Crippen LogP contribution in [0.3, 0.4) is 0 Å². The summed E-state index contributed by atoms with van der Waals surface area (Å²) in [7, 11) is 0. The van der Waals surface area contributed by atoms with E-state index >= 15 is 0 Å². The van der Waals surface area contributed by atoms with Gasteiger partial charge in [-0.1, -0.05) is 75.4 Å². The Hall–Kier alpha value is -4.17. The van der Waals surface area contributed by atoms with Crippen molar-refractivity contribution in [2.45, 2.75) is 61.5 Å². The zero-order valence-electron chi connectivity index (χ0n) is 34.9. The van der Waals surface area contributed by atoms with E-state index in [0.29, 0.717) is 33.6 Å². The number of hydrogen-bond acceptors (Lipinski definition) is 2. The van der Waals surface area contributed by atoms with Crippen LogP contribution in [0, 0.1) is 39.8 Å². The van der Waals surface area contributed by atoms with Crippen LogP contribution in [-0.4, -0.2) is 4.98 Å². The van der Waals surface area contributed by atoms with Gasteiger partial charge in [-0.3, -0.25) is 4.98 Å². The fourth-order valence-electron chi connectivity index (χ4n) is 5.56. The maximum atomic E-state index is 8.66.